The average Bonchev–Trinajstić information content (AvgIpc) is 2.46. The number of halogens is 1. The second-order valence-corrected chi connectivity index (χ2v) is 6.16. The van der Waals surface area contributed by atoms with Gasteiger partial charge in [-0.15, -0.1) is 11.8 Å². The molecular formula is C15H12BrNO3S. The molecule has 0 bridgehead atoms. The van der Waals surface area contributed by atoms with E-state index in [1.54, 1.807) is 24.3 Å². The minimum Gasteiger partial charge on any atom is -0.478 e. The fraction of sp³-hybridized carbons (Fsp3) is 0.0667. The van der Waals surface area contributed by atoms with Crippen LogP contribution in [0.5, 0.6) is 0 Å². The Balaban J connectivity index is 2.19. The molecule has 0 aliphatic rings. The van der Waals surface area contributed by atoms with Crippen molar-refractivity contribution in [3.05, 3.63) is 63.6 Å². The van der Waals surface area contributed by atoms with Crippen LogP contribution in [0.2, 0.25) is 0 Å². The SMILES string of the molecule is NC(=O)c1ccccc1CSc1ccc(Br)c(C(=O)O)c1. The molecule has 108 valence electrons. The summed E-state index contributed by atoms with van der Waals surface area (Å²) in [5.41, 5.74) is 6.86. The van der Waals surface area contributed by atoms with Crippen LogP contribution in [0.4, 0.5) is 0 Å². The fourth-order valence-corrected chi connectivity index (χ4v) is 3.16. The zero-order valence-corrected chi connectivity index (χ0v) is 13.3. The van der Waals surface area contributed by atoms with Crippen molar-refractivity contribution in [3.63, 3.8) is 0 Å². The van der Waals surface area contributed by atoms with Crippen molar-refractivity contribution < 1.29 is 14.7 Å². The molecule has 0 saturated heterocycles. The van der Waals surface area contributed by atoms with Crippen molar-refractivity contribution >= 4 is 39.6 Å². The maximum atomic E-state index is 11.4. The van der Waals surface area contributed by atoms with Gasteiger partial charge in [0.1, 0.15) is 0 Å². The minimum atomic E-state index is -0.984. The zero-order chi connectivity index (χ0) is 15.4. The number of carbonyl (C=O) groups excluding carboxylic acids is 1. The van der Waals surface area contributed by atoms with E-state index in [-0.39, 0.29) is 5.56 Å². The van der Waals surface area contributed by atoms with Crippen molar-refractivity contribution in [2.24, 2.45) is 5.73 Å². The van der Waals surface area contributed by atoms with Crippen molar-refractivity contribution in [1.82, 2.24) is 0 Å². The zero-order valence-electron chi connectivity index (χ0n) is 10.9. The molecule has 0 unspecified atom stereocenters. The highest BCUT2D eigenvalue weighted by Crippen LogP contribution is 2.28. The number of hydrogen-bond acceptors (Lipinski definition) is 3. The summed E-state index contributed by atoms with van der Waals surface area (Å²) < 4.78 is 0.539. The van der Waals surface area contributed by atoms with Gasteiger partial charge in [0.2, 0.25) is 5.91 Å². The molecule has 2 aromatic carbocycles. The van der Waals surface area contributed by atoms with Crippen LogP contribution in [0.15, 0.2) is 51.8 Å². The van der Waals surface area contributed by atoms with Gasteiger partial charge in [0, 0.05) is 20.7 Å². The van der Waals surface area contributed by atoms with Crippen LogP contribution >= 0.6 is 27.7 Å². The summed E-state index contributed by atoms with van der Waals surface area (Å²) in [7, 11) is 0. The van der Waals surface area contributed by atoms with E-state index in [9.17, 15) is 9.59 Å². The first-order chi connectivity index (χ1) is 9.99. The summed E-state index contributed by atoms with van der Waals surface area (Å²) in [5.74, 6) is -0.908. The fourth-order valence-electron chi connectivity index (χ4n) is 1.81. The smallest absolute Gasteiger partial charge is 0.336 e. The Labute approximate surface area is 134 Å². The number of amides is 1. The molecule has 0 aromatic heterocycles. The molecule has 21 heavy (non-hydrogen) atoms. The standard InChI is InChI=1S/C15H12BrNO3S/c16-13-6-5-10(7-12(13)15(19)20)21-8-9-3-1-2-4-11(9)14(17)18/h1-7H,8H2,(H2,17,18)(H,19,20). The second kappa shape index (κ2) is 6.78. The van der Waals surface area contributed by atoms with Gasteiger partial charge in [-0.1, -0.05) is 18.2 Å². The number of carboxylic acids is 1. The van der Waals surface area contributed by atoms with Gasteiger partial charge in [0.05, 0.1) is 5.56 Å². The van der Waals surface area contributed by atoms with E-state index in [1.165, 1.54) is 11.8 Å². The molecule has 4 nitrogen and oxygen atoms in total. The van der Waals surface area contributed by atoms with E-state index in [0.717, 1.165) is 10.5 Å². The van der Waals surface area contributed by atoms with Gasteiger partial charge >= 0.3 is 5.97 Å². The topological polar surface area (TPSA) is 80.4 Å². The average molecular weight is 366 g/mol. The van der Waals surface area contributed by atoms with Gasteiger partial charge in [-0.3, -0.25) is 4.79 Å². The lowest BCUT2D eigenvalue weighted by atomic mass is 10.1. The first-order valence-electron chi connectivity index (χ1n) is 6.02. The summed E-state index contributed by atoms with van der Waals surface area (Å²) in [6.07, 6.45) is 0. The summed E-state index contributed by atoms with van der Waals surface area (Å²) in [6, 6.07) is 12.2. The van der Waals surface area contributed by atoms with Crippen LogP contribution < -0.4 is 5.73 Å². The van der Waals surface area contributed by atoms with Crippen LogP contribution in [-0.2, 0) is 5.75 Å². The van der Waals surface area contributed by atoms with E-state index < -0.39 is 11.9 Å². The Hall–Kier alpha value is -1.79. The molecule has 0 aliphatic carbocycles. The molecule has 6 heteroatoms. The Bertz CT molecular complexity index is 703. The molecule has 1 amide bonds. The van der Waals surface area contributed by atoms with Gasteiger partial charge in [-0.2, -0.15) is 0 Å². The van der Waals surface area contributed by atoms with Crippen LogP contribution in [0.25, 0.3) is 0 Å². The van der Waals surface area contributed by atoms with Crippen molar-refractivity contribution in [2.45, 2.75) is 10.6 Å². The number of carbonyl (C=O) groups is 2. The van der Waals surface area contributed by atoms with E-state index in [4.69, 9.17) is 10.8 Å². The number of carboxylic acid groups (broad SMARTS) is 1. The van der Waals surface area contributed by atoms with Crippen LogP contribution in [-0.4, -0.2) is 17.0 Å². The molecule has 0 fully saturated rings. The maximum Gasteiger partial charge on any atom is 0.336 e. The normalized spacial score (nSPS) is 10.3. The molecule has 0 atom stereocenters. The number of hydrogen-bond donors (Lipinski definition) is 2. The lowest BCUT2D eigenvalue weighted by Gasteiger charge is -2.07. The Morgan fingerprint density at radius 2 is 1.86 bits per heavy atom. The van der Waals surface area contributed by atoms with E-state index in [1.807, 2.05) is 18.2 Å². The summed E-state index contributed by atoms with van der Waals surface area (Å²) in [5, 5.41) is 9.09. The highest BCUT2D eigenvalue weighted by Gasteiger charge is 2.11. The van der Waals surface area contributed by atoms with Crippen LogP contribution in [0.3, 0.4) is 0 Å². The number of aromatic carboxylic acids is 1. The van der Waals surface area contributed by atoms with Gasteiger partial charge < -0.3 is 10.8 Å². The molecule has 0 aliphatic heterocycles. The number of thioether (sulfide) groups is 1. The third-order valence-electron chi connectivity index (χ3n) is 2.85. The van der Waals surface area contributed by atoms with E-state index >= 15 is 0 Å². The quantitative estimate of drug-likeness (QED) is 0.794. The van der Waals surface area contributed by atoms with Crippen molar-refractivity contribution in [2.75, 3.05) is 0 Å². The van der Waals surface area contributed by atoms with Crippen LogP contribution in [0, 0.1) is 0 Å². The predicted molar refractivity (Wildman–Crippen MR) is 85.6 cm³/mol. The molecular weight excluding hydrogens is 354 g/mol. The second-order valence-electron chi connectivity index (χ2n) is 4.26. The van der Waals surface area contributed by atoms with E-state index in [0.29, 0.717) is 15.8 Å². The number of nitrogens with two attached hydrogens (primary N) is 1. The minimum absolute atomic E-state index is 0.211. The third-order valence-corrected chi connectivity index (χ3v) is 4.58. The van der Waals surface area contributed by atoms with Gasteiger partial charge in [0.15, 0.2) is 0 Å². The first-order valence-corrected chi connectivity index (χ1v) is 7.80. The highest BCUT2D eigenvalue weighted by atomic mass is 79.9. The van der Waals surface area contributed by atoms with Crippen molar-refractivity contribution in [1.29, 1.82) is 0 Å². The molecule has 0 spiro atoms. The van der Waals surface area contributed by atoms with Crippen molar-refractivity contribution in [3.8, 4) is 0 Å². The van der Waals surface area contributed by atoms with Crippen LogP contribution in [0.1, 0.15) is 26.3 Å². The van der Waals surface area contributed by atoms with Gasteiger partial charge in [0.25, 0.3) is 0 Å². The lowest BCUT2D eigenvalue weighted by Crippen LogP contribution is -2.13. The molecule has 0 radical (unpaired) electrons. The molecule has 2 aromatic rings. The summed E-state index contributed by atoms with van der Waals surface area (Å²) >= 11 is 4.66. The Morgan fingerprint density at radius 1 is 1.14 bits per heavy atom. The monoisotopic (exact) mass is 365 g/mol. The third kappa shape index (κ3) is 3.86. The lowest BCUT2D eigenvalue weighted by molar-refractivity contribution is 0.0695. The Kier molecular flexibility index (Phi) is 5.03. The Morgan fingerprint density at radius 3 is 2.52 bits per heavy atom. The number of rotatable bonds is 5. The predicted octanol–water partition coefficient (Wildman–Crippen LogP) is 3.54. The highest BCUT2D eigenvalue weighted by molar-refractivity contribution is 9.10. The molecule has 2 rings (SSSR count). The largest absolute Gasteiger partial charge is 0.478 e. The first kappa shape index (κ1) is 15.6. The molecule has 0 heterocycles. The van der Waals surface area contributed by atoms with Gasteiger partial charge in [-0.05, 0) is 45.8 Å². The van der Waals surface area contributed by atoms with Gasteiger partial charge in [-0.25, -0.2) is 4.79 Å². The number of benzene rings is 2. The molecule has 0 saturated carbocycles. The summed E-state index contributed by atoms with van der Waals surface area (Å²) in [6.45, 7) is 0. The maximum absolute atomic E-state index is 11.4. The molecule has 3 N–H and O–H groups in total. The number of primary amides is 1. The van der Waals surface area contributed by atoms with E-state index in [2.05, 4.69) is 15.9 Å². The summed E-state index contributed by atoms with van der Waals surface area (Å²) in [4.78, 5) is 23.3.